The minimum atomic E-state index is 0.242. The average Bonchev–Trinajstić information content (AvgIpc) is 3.23. The minimum absolute atomic E-state index is 0.242. The highest BCUT2D eigenvalue weighted by Gasteiger charge is 2.15. The van der Waals surface area contributed by atoms with E-state index in [1.807, 2.05) is 79.7 Å². The molecule has 2 heterocycles. The molecular weight excluding hydrogens is 366 g/mol. The molecule has 0 saturated heterocycles. The first kappa shape index (κ1) is 17.4. The van der Waals surface area contributed by atoms with Crippen LogP contribution in [0.4, 0.5) is 5.69 Å². The number of fused-ring (bicyclic) bond motifs is 2. The average molecular weight is 385 g/mol. The Kier molecular flexibility index (Phi) is 4.41. The SMILES string of the molecule is CCOc1ccc(N=c2cc(-c3ccc4c(c3)OCO4)oc3ccccc23)cc1. The second kappa shape index (κ2) is 7.36. The van der Waals surface area contributed by atoms with Crippen LogP contribution in [-0.4, -0.2) is 13.4 Å². The molecule has 0 saturated carbocycles. The molecular formula is C24H19NO4. The summed E-state index contributed by atoms with van der Waals surface area (Å²) in [5.41, 5.74) is 2.52. The lowest BCUT2D eigenvalue weighted by molar-refractivity contribution is 0.174. The van der Waals surface area contributed by atoms with E-state index in [4.69, 9.17) is 23.6 Å². The molecule has 3 aromatic carbocycles. The number of ether oxygens (including phenoxy) is 3. The molecule has 0 fully saturated rings. The van der Waals surface area contributed by atoms with Crippen molar-refractivity contribution in [2.75, 3.05) is 13.4 Å². The second-order valence-corrected chi connectivity index (χ2v) is 6.60. The van der Waals surface area contributed by atoms with E-state index in [0.29, 0.717) is 12.4 Å². The van der Waals surface area contributed by atoms with Crippen molar-refractivity contribution in [1.29, 1.82) is 0 Å². The van der Waals surface area contributed by atoms with Gasteiger partial charge in [-0.3, -0.25) is 0 Å². The zero-order valence-electron chi connectivity index (χ0n) is 15.9. The molecule has 5 heteroatoms. The Morgan fingerprint density at radius 3 is 2.59 bits per heavy atom. The van der Waals surface area contributed by atoms with Gasteiger partial charge < -0.3 is 18.6 Å². The first-order valence-corrected chi connectivity index (χ1v) is 9.51. The number of benzene rings is 3. The highest BCUT2D eigenvalue weighted by molar-refractivity contribution is 5.79. The molecule has 0 bridgehead atoms. The zero-order chi connectivity index (χ0) is 19.6. The maximum absolute atomic E-state index is 6.16. The van der Waals surface area contributed by atoms with Crippen LogP contribution in [0.1, 0.15) is 6.92 Å². The molecule has 0 N–H and O–H groups in total. The van der Waals surface area contributed by atoms with Crippen LogP contribution < -0.4 is 19.6 Å². The van der Waals surface area contributed by atoms with E-state index < -0.39 is 0 Å². The summed E-state index contributed by atoms with van der Waals surface area (Å²) < 4.78 is 22.6. The van der Waals surface area contributed by atoms with Crippen LogP contribution in [0.5, 0.6) is 17.2 Å². The van der Waals surface area contributed by atoms with Gasteiger partial charge in [-0.05, 0) is 61.5 Å². The van der Waals surface area contributed by atoms with Crippen molar-refractivity contribution in [3.8, 4) is 28.6 Å². The summed E-state index contributed by atoms with van der Waals surface area (Å²) in [7, 11) is 0. The number of rotatable bonds is 4. The molecule has 5 nitrogen and oxygen atoms in total. The molecule has 0 spiro atoms. The molecule has 29 heavy (non-hydrogen) atoms. The van der Waals surface area contributed by atoms with E-state index in [2.05, 4.69) is 0 Å². The van der Waals surface area contributed by atoms with Crippen molar-refractivity contribution in [3.05, 3.63) is 78.2 Å². The van der Waals surface area contributed by atoms with Crippen molar-refractivity contribution in [1.82, 2.24) is 0 Å². The molecule has 0 amide bonds. The van der Waals surface area contributed by atoms with Gasteiger partial charge in [-0.25, -0.2) is 4.99 Å². The molecule has 1 aliphatic rings. The monoisotopic (exact) mass is 385 g/mol. The zero-order valence-corrected chi connectivity index (χ0v) is 15.9. The number of para-hydroxylation sites is 1. The molecule has 5 rings (SSSR count). The van der Waals surface area contributed by atoms with Crippen LogP contribution in [0, 0.1) is 0 Å². The van der Waals surface area contributed by atoms with Crippen LogP contribution in [0.25, 0.3) is 22.3 Å². The Morgan fingerprint density at radius 2 is 1.72 bits per heavy atom. The second-order valence-electron chi connectivity index (χ2n) is 6.60. The van der Waals surface area contributed by atoms with Crippen LogP contribution in [0.3, 0.4) is 0 Å². The predicted molar refractivity (Wildman–Crippen MR) is 111 cm³/mol. The Morgan fingerprint density at radius 1 is 0.897 bits per heavy atom. The van der Waals surface area contributed by atoms with Crippen LogP contribution >= 0.6 is 0 Å². The third-order valence-electron chi connectivity index (χ3n) is 4.71. The molecule has 1 aromatic heterocycles. The summed E-state index contributed by atoms with van der Waals surface area (Å²) in [5, 5.41) is 1.79. The molecule has 0 atom stereocenters. The van der Waals surface area contributed by atoms with Gasteiger partial charge in [0.25, 0.3) is 0 Å². The summed E-state index contributed by atoms with van der Waals surface area (Å²) in [6.45, 7) is 2.85. The summed E-state index contributed by atoms with van der Waals surface area (Å²) >= 11 is 0. The third-order valence-corrected chi connectivity index (χ3v) is 4.71. The summed E-state index contributed by atoms with van der Waals surface area (Å²) in [6, 6.07) is 23.4. The maximum atomic E-state index is 6.16. The summed E-state index contributed by atoms with van der Waals surface area (Å²) in [6.07, 6.45) is 0. The third kappa shape index (κ3) is 3.43. The van der Waals surface area contributed by atoms with Crippen LogP contribution in [0.15, 0.2) is 82.2 Å². The van der Waals surface area contributed by atoms with Gasteiger partial charge in [0.1, 0.15) is 17.1 Å². The van der Waals surface area contributed by atoms with Crippen LogP contribution in [-0.2, 0) is 0 Å². The van der Waals surface area contributed by atoms with Crippen molar-refractivity contribution < 1.29 is 18.6 Å². The minimum Gasteiger partial charge on any atom is -0.494 e. The van der Waals surface area contributed by atoms with E-state index >= 15 is 0 Å². The lowest BCUT2D eigenvalue weighted by Gasteiger charge is -2.06. The molecule has 1 aliphatic heterocycles. The van der Waals surface area contributed by atoms with Crippen molar-refractivity contribution in [2.24, 2.45) is 4.99 Å². The maximum Gasteiger partial charge on any atom is 0.231 e. The van der Waals surface area contributed by atoms with Crippen molar-refractivity contribution in [2.45, 2.75) is 6.92 Å². The van der Waals surface area contributed by atoms with Crippen molar-refractivity contribution in [3.63, 3.8) is 0 Å². The smallest absolute Gasteiger partial charge is 0.231 e. The summed E-state index contributed by atoms with van der Waals surface area (Å²) in [5.74, 6) is 3.01. The number of nitrogens with zero attached hydrogens (tertiary/aromatic N) is 1. The molecule has 0 aliphatic carbocycles. The Labute approximate surface area is 167 Å². The Bertz CT molecular complexity index is 1240. The number of hydrogen-bond donors (Lipinski definition) is 0. The quantitative estimate of drug-likeness (QED) is 0.468. The van der Waals surface area contributed by atoms with Gasteiger partial charge in [-0.2, -0.15) is 0 Å². The van der Waals surface area contributed by atoms with E-state index in [-0.39, 0.29) is 6.79 Å². The van der Waals surface area contributed by atoms with Crippen LogP contribution in [0.2, 0.25) is 0 Å². The highest BCUT2D eigenvalue weighted by atomic mass is 16.7. The van der Waals surface area contributed by atoms with E-state index in [0.717, 1.165) is 44.8 Å². The Balaban J connectivity index is 1.64. The standard InChI is InChI=1S/C24H19NO4/c1-2-26-18-10-8-17(9-11-18)25-20-14-23(29-21-6-4-3-5-19(20)21)16-7-12-22-24(13-16)28-15-27-22/h3-14H,2,15H2,1H3. The molecule has 0 radical (unpaired) electrons. The van der Waals surface area contributed by atoms with E-state index in [1.54, 1.807) is 0 Å². The van der Waals surface area contributed by atoms with Gasteiger partial charge in [0.05, 0.1) is 17.7 Å². The van der Waals surface area contributed by atoms with Gasteiger partial charge in [0.15, 0.2) is 11.5 Å². The molecule has 144 valence electrons. The topological polar surface area (TPSA) is 53.2 Å². The fraction of sp³-hybridized carbons (Fsp3) is 0.125. The lowest BCUT2D eigenvalue weighted by Crippen LogP contribution is -2.03. The van der Waals surface area contributed by atoms with Gasteiger partial charge in [0, 0.05) is 17.0 Å². The first-order chi connectivity index (χ1) is 14.3. The fourth-order valence-electron chi connectivity index (χ4n) is 3.32. The largest absolute Gasteiger partial charge is 0.494 e. The Hall–Kier alpha value is -3.73. The molecule has 4 aromatic rings. The van der Waals surface area contributed by atoms with Gasteiger partial charge in [-0.1, -0.05) is 12.1 Å². The first-order valence-electron chi connectivity index (χ1n) is 9.51. The highest BCUT2D eigenvalue weighted by Crippen LogP contribution is 2.36. The van der Waals surface area contributed by atoms with Crippen molar-refractivity contribution >= 4 is 16.7 Å². The number of hydrogen-bond acceptors (Lipinski definition) is 5. The van der Waals surface area contributed by atoms with E-state index in [1.165, 1.54) is 0 Å². The van der Waals surface area contributed by atoms with Gasteiger partial charge >= 0.3 is 0 Å². The van der Waals surface area contributed by atoms with Gasteiger partial charge in [-0.15, -0.1) is 0 Å². The van der Waals surface area contributed by atoms with Gasteiger partial charge in [0.2, 0.25) is 6.79 Å². The summed E-state index contributed by atoms with van der Waals surface area (Å²) in [4.78, 5) is 4.86. The van der Waals surface area contributed by atoms with E-state index in [9.17, 15) is 0 Å². The molecule has 0 unspecified atom stereocenters. The fourth-order valence-corrected chi connectivity index (χ4v) is 3.32. The lowest BCUT2D eigenvalue weighted by atomic mass is 10.1. The predicted octanol–water partition coefficient (Wildman–Crippen LogP) is 5.46. The normalized spacial score (nSPS) is 13.1.